The maximum atomic E-state index is 4.37. The molecule has 17 heavy (non-hydrogen) atoms. The number of hydrogen-bond donors (Lipinski definition) is 1. The van der Waals surface area contributed by atoms with E-state index in [1.807, 2.05) is 16.8 Å². The minimum Gasteiger partial charge on any atom is -0.368 e. The van der Waals surface area contributed by atoms with Gasteiger partial charge < -0.3 is 5.32 Å². The second-order valence-corrected chi connectivity index (χ2v) is 4.80. The molecule has 0 amide bonds. The summed E-state index contributed by atoms with van der Waals surface area (Å²) in [4.78, 5) is 4.37. The molecule has 0 saturated heterocycles. The first-order valence-electron chi connectivity index (χ1n) is 6.46. The van der Waals surface area contributed by atoms with Crippen molar-refractivity contribution in [2.45, 2.75) is 32.1 Å². The van der Waals surface area contributed by atoms with E-state index in [0.717, 1.165) is 23.8 Å². The monoisotopic (exact) mass is 230 g/mol. The summed E-state index contributed by atoms with van der Waals surface area (Å²) in [7, 11) is 0. The van der Waals surface area contributed by atoms with E-state index in [2.05, 4.69) is 15.4 Å². The van der Waals surface area contributed by atoms with Crippen LogP contribution in [0.15, 0.2) is 24.7 Å². The van der Waals surface area contributed by atoms with Crippen molar-refractivity contribution in [1.82, 2.24) is 14.6 Å². The molecule has 2 aromatic heterocycles. The first kappa shape index (κ1) is 10.6. The van der Waals surface area contributed by atoms with Crippen LogP contribution in [0.4, 0.5) is 5.82 Å². The molecule has 2 aromatic rings. The highest BCUT2D eigenvalue weighted by Crippen LogP contribution is 2.27. The van der Waals surface area contributed by atoms with Gasteiger partial charge in [0, 0.05) is 18.9 Å². The molecule has 4 heteroatoms. The Morgan fingerprint density at radius 1 is 1.29 bits per heavy atom. The summed E-state index contributed by atoms with van der Waals surface area (Å²) in [5.74, 6) is 1.87. The lowest BCUT2D eigenvalue weighted by molar-refractivity contribution is 0.518. The molecule has 1 N–H and O–H groups in total. The highest BCUT2D eigenvalue weighted by Gasteiger charge is 2.14. The van der Waals surface area contributed by atoms with Crippen molar-refractivity contribution < 1.29 is 0 Å². The molecule has 0 bridgehead atoms. The number of aromatic nitrogens is 3. The molecule has 3 rings (SSSR count). The lowest BCUT2D eigenvalue weighted by Gasteiger charge is -2.10. The number of nitrogens with zero attached hydrogens (tertiary/aromatic N) is 3. The van der Waals surface area contributed by atoms with Crippen LogP contribution in [-0.4, -0.2) is 21.1 Å². The maximum absolute atomic E-state index is 4.37. The molecule has 90 valence electrons. The van der Waals surface area contributed by atoms with Gasteiger partial charge in [0.1, 0.15) is 5.52 Å². The van der Waals surface area contributed by atoms with E-state index in [4.69, 9.17) is 0 Å². The third-order valence-electron chi connectivity index (χ3n) is 3.64. The lowest BCUT2D eigenvalue weighted by atomic mass is 10.0. The Kier molecular flexibility index (Phi) is 2.94. The number of nitrogens with one attached hydrogen (secondary N) is 1. The Morgan fingerprint density at radius 3 is 3.06 bits per heavy atom. The van der Waals surface area contributed by atoms with Crippen LogP contribution < -0.4 is 5.32 Å². The van der Waals surface area contributed by atoms with Crippen molar-refractivity contribution in [3.8, 4) is 0 Å². The number of anilines is 1. The quantitative estimate of drug-likeness (QED) is 0.878. The van der Waals surface area contributed by atoms with Crippen LogP contribution in [0.2, 0.25) is 0 Å². The zero-order valence-electron chi connectivity index (χ0n) is 9.97. The third-order valence-corrected chi connectivity index (χ3v) is 3.64. The molecule has 0 unspecified atom stereocenters. The molecule has 1 fully saturated rings. The molecular formula is C13H18N4. The molecule has 0 aromatic carbocycles. The number of rotatable bonds is 4. The Hall–Kier alpha value is -1.58. The molecule has 0 atom stereocenters. The van der Waals surface area contributed by atoms with Gasteiger partial charge in [-0.3, -0.25) is 0 Å². The molecule has 0 aliphatic heterocycles. The first-order chi connectivity index (χ1) is 8.43. The fourth-order valence-corrected chi connectivity index (χ4v) is 2.69. The van der Waals surface area contributed by atoms with Gasteiger partial charge in [-0.1, -0.05) is 25.7 Å². The Balaban J connectivity index is 1.62. The SMILES string of the molecule is c1cn2nccc2c(NCCC2CCCC2)n1. The van der Waals surface area contributed by atoms with Crippen LogP contribution in [0.5, 0.6) is 0 Å². The van der Waals surface area contributed by atoms with Crippen molar-refractivity contribution >= 4 is 11.3 Å². The van der Waals surface area contributed by atoms with Crippen molar-refractivity contribution in [1.29, 1.82) is 0 Å². The topological polar surface area (TPSA) is 42.2 Å². The zero-order chi connectivity index (χ0) is 11.5. The normalized spacial score (nSPS) is 16.7. The average molecular weight is 230 g/mol. The van der Waals surface area contributed by atoms with Crippen LogP contribution >= 0.6 is 0 Å². The van der Waals surface area contributed by atoms with E-state index in [9.17, 15) is 0 Å². The molecular weight excluding hydrogens is 212 g/mol. The minimum absolute atomic E-state index is 0.923. The highest BCUT2D eigenvalue weighted by atomic mass is 15.2. The maximum Gasteiger partial charge on any atom is 0.152 e. The predicted octanol–water partition coefficient (Wildman–Crippen LogP) is 2.72. The summed E-state index contributed by atoms with van der Waals surface area (Å²) in [5.41, 5.74) is 1.05. The average Bonchev–Trinajstić information content (AvgIpc) is 2.99. The lowest BCUT2D eigenvalue weighted by Crippen LogP contribution is -2.08. The molecule has 1 aliphatic carbocycles. The fourth-order valence-electron chi connectivity index (χ4n) is 2.69. The zero-order valence-corrected chi connectivity index (χ0v) is 9.97. The Labute approximate surface area is 101 Å². The second-order valence-electron chi connectivity index (χ2n) is 4.80. The summed E-state index contributed by atoms with van der Waals surface area (Å²) >= 11 is 0. The molecule has 1 aliphatic rings. The highest BCUT2D eigenvalue weighted by molar-refractivity contribution is 5.66. The summed E-state index contributed by atoms with van der Waals surface area (Å²) in [6.07, 6.45) is 12.4. The van der Waals surface area contributed by atoms with Crippen molar-refractivity contribution in [3.63, 3.8) is 0 Å². The van der Waals surface area contributed by atoms with E-state index in [0.29, 0.717) is 0 Å². The van der Waals surface area contributed by atoms with Gasteiger partial charge in [-0.25, -0.2) is 9.50 Å². The van der Waals surface area contributed by atoms with Crippen LogP contribution in [0.1, 0.15) is 32.1 Å². The van der Waals surface area contributed by atoms with E-state index in [1.54, 1.807) is 12.4 Å². The Morgan fingerprint density at radius 2 is 2.18 bits per heavy atom. The van der Waals surface area contributed by atoms with Gasteiger partial charge in [-0.15, -0.1) is 0 Å². The standard InChI is InChI=1S/C13H18N4/c1-2-4-11(3-1)5-7-14-13-12-6-8-16-17(12)10-9-15-13/h6,8-11H,1-5,7H2,(H,14,15). The third kappa shape index (κ3) is 2.25. The van der Waals surface area contributed by atoms with Crippen LogP contribution in [0.25, 0.3) is 5.52 Å². The molecule has 0 spiro atoms. The van der Waals surface area contributed by atoms with Gasteiger partial charge in [0.15, 0.2) is 5.82 Å². The van der Waals surface area contributed by atoms with Gasteiger partial charge in [0.05, 0.1) is 6.20 Å². The summed E-state index contributed by atoms with van der Waals surface area (Å²) in [6.45, 7) is 1.02. The van der Waals surface area contributed by atoms with Crippen molar-refractivity contribution in [3.05, 3.63) is 24.7 Å². The van der Waals surface area contributed by atoms with E-state index in [-0.39, 0.29) is 0 Å². The van der Waals surface area contributed by atoms with Gasteiger partial charge in [-0.05, 0) is 18.4 Å². The molecule has 4 nitrogen and oxygen atoms in total. The molecule has 1 saturated carbocycles. The minimum atomic E-state index is 0.923. The van der Waals surface area contributed by atoms with Crippen LogP contribution in [0, 0.1) is 5.92 Å². The van der Waals surface area contributed by atoms with E-state index < -0.39 is 0 Å². The van der Waals surface area contributed by atoms with Crippen LogP contribution in [0.3, 0.4) is 0 Å². The van der Waals surface area contributed by atoms with E-state index >= 15 is 0 Å². The summed E-state index contributed by atoms with van der Waals surface area (Å²) < 4.78 is 1.85. The fraction of sp³-hybridized carbons (Fsp3) is 0.538. The van der Waals surface area contributed by atoms with Crippen molar-refractivity contribution in [2.24, 2.45) is 5.92 Å². The smallest absolute Gasteiger partial charge is 0.152 e. The largest absolute Gasteiger partial charge is 0.368 e. The van der Waals surface area contributed by atoms with Gasteiger partial charge >= 0.3 is 0 Å². The van der Waals surface area contributed by atoms with E-state index in [1.165, 1.54) is 32.1 Å². The van der Waals surface area contributed by atoms with Gasteiger partial charge in [-0.2, -0.15) is 5.10 Å². The first-order valence-corrected chi connectivity index (χ1v) is 6.46. The molecule has 0 radical (unpaired) electrons. The summed E-state index contributed by atoms with van der Waals surface area (Å²) in [5, 5.41) is 7.63. The second kappa shape index (κ2) is 4.73. The number of fused-ring (bicyclic) bond motifs is 1. The number of hydrogen-bond acceptors (Lipinski definition) is 3. The summed E-state index contributed by atoms with van der Waals surface area (Å²) in [6, 6.07) is 1.99. The predicted molar refractivity (Wildman–Crippen MR) is 68.1 cm³/mol. The van der Waals surface area contributed by atoms with Gasteiger partial charge in [0.25, 0.3) is 0 Å². The van der Waals surface area contributed by atoms with Crippen molar-refractivity contribution in [2.75, 3.05) is 11.9 Å². The molecule has 2 heterocycles. The van der Waals surface area contributed by atoms with Crippen LogP contribution in [-0.2, 0) is 0 Å². The van der Waals surface area contributed by atoms with Gasteiger partial charge in [0.2, 0.25) is 0 Å². The Bertz CT molecular complexity index is 485.